The molecule has 0 atom stereocenters. The summed E-state index contributed by atoms with van der Waals surface area (Å²) in [6.07, 6.45) is 0. The first-order valence-corrected chi connectivity index (χ1v) is 3.29. The summed E-state index contributed by atoms with van der Waals surface area (Å²) in [5, 5.41) is 0.732. The molecule has 0 unspecified atom stereocenters. The molecule has 0 amide bonds. The average Bonchev–Trinajstić information content (AvgIpc) is 1.64. The minimum atomic E-state index is 0. The molecule has 0 radical (unpaired) electrons. The average molecular weight is 256 g/mol. The van der Waals surface area contributed by atoms with Crippen LogP contribution in [0.1, 0.15) is 0 Å². The molecule has 1 aromatic carbocycles. The van der Waals surface area contributed by atoms with E-state index in [2.05, 4.69) is 22.0 Å². The summed E-state index contributed by atoms with van der Waals surface area (Å²) in [5.41, 5.74) is 0. The molecule has 0 bridgehead atoms. The van der Waals surface area contributed by atoms with Gasteiger partial charge < -0.3 is 0 Å². The molecule has 0 aromatic heterocycles. The third-order valence-electron chi connectivity index (χ3n) is 0.728. The Morgan fingerprint density at radius 2 is 2.22 bits per heavy atom. The van der Waals surface area contributed by atoms with Gasteiger partial charge in [0.2, 0.25) is 0 Å². The number of rotatable bonds is 0. The van der Waals surface area contributed by atoms with Crippen LogP contribution in [-0.4, -0.2) is 0 Å². The maximum Gasteiger partial charge on any atom is 0 e. The van der Waals surface area contributed by atoms with Crippen molar-refractivity contribution in [2.75, 3.05) is 0 Å². The molecule has 3 heteroatoms. The molecule has 0 fully saturated rings. The molecule has 9 heavy (non-hydrogen) atoms. The molecule has 0 saturated carbocycles. The molecule has 0 aliphatic carbocycles. The Bertz CT molecular complexity index is 173. The van der Waals surface area contributed by atoms with Crippen molar-refractivity contribution in [1.29, 1.82) is 0 Å². The summed E-state index contributed by atoms with van der Waals surface area (Å²) in [5.74, 6) is 0. The second-order valence-electron chi connectivity index (χ2n) is 1.35. The van der Waals surface area contributed by atoms with Crippen LogP contribution in [0.2, 0.25) is 5.02 Å². The number of benzene rings is 1. The van der Waals surface area contributed by atoms with E-state index >= 15 is 0 Å². The van der Waals surface area contributed by atoms with Crippen LogP contribution in [0.3, 0.4) is 0 Å². The quantitative estimate of drug-likeness (QED) is 0.494. The smallest absolute Gasteiger partial charge is 0 e. The van der Waals surface area contributed by atoms with E-state index in [0.717, 1.165) is 9.50 Å². The predicted molar refractivity (Wildman–Crippen MR) is 38.0 cm³/mol. The summed E-state index contributed by atoms with van der Waals surface area (Å²) < 4.78 is 0.894. The summed E-state index contributed by atoms with van der Waals surface area (Å²) in [6, 6.07) is 8.25. The maximum atomic E-state index is 5.59. The maximum absolute atomic E-state index is 5.59. The van der Waals surface area contributed by atoms with E-state index in [1.54, 1.807) is 18.2 Å². The molecular formula is C6H3BrClZn-. The van der Waals surface area contributed by atoms with Crippen molar-refractivity contribution in [3.05, 3.63) is 33.8 Å². The van der Waals surface area contributed by atoms with Crippen molar-refractivity contribution in [3.8, 4) is 0 Å². The Morgan fingerprint density at radius 1 is 1.56 bits per heavy atom. The van der Waals surface area contributed by atoms with E-state index in [9.17, 15) is 0 Å². The van der Waals surface area contributed by atoms with E-state index in [1.807, 2.05) is 0 Å². The van der Waals surface area contributed by atoms with Crippen LogP contribution in [0.5, 0.6) is 0 Å². The van der Waals surface area contributed by atoms with Gasteiger partial charge >= 0.3 is 0 Å². The van der Waals surface area contributed by atoms with Crippen LogP contribution >= 0.6 is 27.5 Å². The second kappa shape index (κ2) is 4.43. The Kier molecular flexibility index (Phi) is 4.73. The molecule has 0 saturated heterocycles. The largest absolute Gasteiger partial charge is 0.175 e. The van der Waals surface area contributed by atoms with Crippen LogP contribution < -0.4 is 0 Å². The van der Waals surface area contributed by atoms with Gasteiger partial charge in [0.25, 0.3) is 0 Å². The van der Waals surface area contributed by atoms with Crippen LogP contribution in [0, 0.1) is 6.07 Å². The van der Waals surface area contributed by atoms with Gasteiger partial charge in [-0.2, -0.15) is 18.2 Å². The van der Waals surface area contributed by atoms with E-state index in [-0.39, 0.29) is 19.5 Å². The summed E-state index contributed by atoms with van der Waals surface area (Å²) in [6.45, 7) is 0. The molecule has 44 valence electrons. The molecule has 0 N–H and O–H groups in total. The first-order valence-electron chi connectivity index (χ1n) is 2.12. The normalized spacial score (nSPS) is 8.22. The zero-order valence-corrected chi connectivity index (χ0v) is 10.0. The standard InChI is InChI=1S/C6H3BrCl.Zn/c7-5-2-1-3-6(8)4-5;/h1,3-4H;/q-1;. The fraction of sp³-hybridized carbons (Fsp3) is 0. The van der Waals surface area contributed by atoms with E-state index < -0.39 is 0 Å². The fourth-order valence-corrected chi connectivity index (χ4v) is 1.09. The van der Waals surface area contributed by atoms with Crippen LogP contribution in [-0.2, 0) is 19.5 Å². The number of hydrogen-bond donors (Lipinski definition) is 0. The first-order chi connectivity index (χ1) is 3.79. The van der Waals surface area contributed by atoms with Crippen molar-refractivity contribution >= 4 is 27.5 Å². The monoisotopic (exact) mass is 253 g/mol. The van der Waals surface area contributed by atoms with Crippen molar-refractivity contribution < 1.29 is 19.5 Å². The van der Waals surface area contributed by atoms with Crippen molar-refractivity contribution in [2.45, 2.75) is 0 Å². The molecule has 0 nitrogen and oxygen atoms in total. The summed E-state index contributed by atoms with van der Waals surface area (Å²) >= 11 is 8.82. The molecule has 0 aliphatic heterocycles. The molecule has 0 spiro atoms. The molecule has 0 aliphatic rings. The van der Waals surface area contributed by atoms with Gasteiger partial charge in [-0.05, 0) is 0 Å². The van der Waals surface area contributed by atoms with Crippen molar-refractivity contribution in [2.24, 2.45) is 0 Å². The zero-order chi connectivity index (χ0) is 5.98. The van der Waals surface area contributed by atoms with Gasteiger partial charge in [-0.25, -0.2) is 0 Å². The van der Waals surface area contributed by atoms with Gasteiger partial charge in [-0.1, -0.05) is 25.4 Å². The first kappa shape index (κ1) is 9.61. The Balaban J connectivity index is 0.000000640. The minimum Gasteiger partial charge on any atom is -0.175 e. The Labute approximate surface area is 80.5 Å². The molecule has 1 rings (SSSR count). The van der Waals surface area contributed by atoms with Crippen molar-refractivity contribution in [3.63, 3.8) is 0 Å². The van der Waals surface area contributed by atoms with E-state index in [1.165, 1.54) is 0 Å². The third kappa shape index (κ3) is 3.34. The van der Waals surface area contributed by atoms with Crippen LogP contribution in [0.25, 0.3) is 0 Å². The molecular weight excluding hydrogens is 253 g/mol. The van der Waals surface area contributed by atoms with Crippen molar-refractivity contribution in [1.82, 2.24) is 0 Å². The van der Waals surface area contributed by atoms with Gasteiger partial charge in [0, 0.05) is 19.5 Å². The Hall–Kier alpha value is 0.613. The van der Waals surface area contributed by atoms with Gasteiger partial charge in [0.1, 0.15) is 0 Å². The summed E-state index contributed by atoms with van der Waals surface area (Å²) in [7, 11) is 0. The minimum absolute atomic E-state index is 0. The van der Waals surface area contributed by atoms with Gasteiger partial charge in [-0.15, -0.1) is 17.7 Å². The summed E-state index contributed by atoms with van der Waals surface area (Å²) in [4.78, 5) is 0. The number of hydrogen-bond acceptors (Lipinski definition) is 0. The number of halogens is 2. The topological polar surface area (TPSA) is 0 Å². The zero-order valence-electron chi connectivity index (χ0n) is 4.70. The van der Waals surface area contributed by atoms with E-state index in [0.29, 0.717) is 0 Å². The third-order valence-corrected chi connectivity index (χ3v) is 1.42. The van der Waals surface area contributed by atoms with Gasteiger partial charge in [0.05, 0.1) is 0 Å². The second-order valence-corrected chi connectivity index (χ2v) is 2.65. The van der Waals surface area contributed by atoms with Gasteiger partial charge in [-0.3, -0.25) is 0 Å². The molecule has 1 aromatic rings. The van der Waals surface area contributed by atoms with E-state index in [4.69, 9.17) is 11.6 Å². The van der Waals surface area contributed by atoms with Crippen LogP contribution in [0.4, 0.5) is 0 Å². The van der Waals surface area contributed by atoms with Gasteiger partial charge in [0.15, 0.2) is 0 Å². The Morgan fingerprint density at radius 3 is 2.56 bits per heavy atom. The predicted octanol–water partition coefficient (Wildman–Crippen LogP) is 2.90. The fourth-order valence-electron chi connectivity index (χ4n) is 0.412. The van der Waals surface area contributed by atoms with Crippen LogP contribution in [0.15, 0.2) is 22.7 Å². The SMILES string of the molecule is Clc1cc[c-]c(Br)c1.[Zn]. The molecule has 0 heterocycles.